The van der Waals surface area contributed by atoms with Crippen LogP contribution in [0.5, 0.6) is 0 Å². The molecule has 1 aromatic heterocycles. The Bertz CT molecular complexity index is 583. The van der Waals surface area contributed by atoms with Crippen LogP contribution in [0.15, 0.2) is 30.3 Å². The van der Waals surface area contributed by atoms with E-state index in [1.807, 2.05) is 24.9 Å². The van der Waals surface area contributed by atoms with E-state index in [0.29, 0.717) is 0 Å². The third-order valence-corrected chi connectivity index (χ3v) is 3.19. The number of hydrogen-bond acceptors (Lipinski definition) is 4. The van der Waals surface area contributed by atoms with Crippen LogP contribution in [0.4, 0.5) is 21.7 Å². The van der Waals surface area contributed by atoms with Crippen molar-refractivity contribution in [2.75, 3.05) is 23.8 Å². The first kappa shape index (κ1) is 15.2. The van der Waals surface area contributed by atoms with Crippen molar-refractivity contribution in [1.82, 2.24) is 9.97 Å². The van der Waals surface area contributed by atoms with Gasteiger partial charge in [0.15, 0.2) is 0 Å². The average Bonchev–Trinajstić information content (AvgIpc) is 2.52. The van der Waals surface area contributed by atoms with Gasteiger partial charge in [-0.15, -0.1) is 0 Å². The van der Waals surface area contributed by atoms with Gasteiger partial charge in [0, 0.05) is 31.8 Å². The minimum atomic E-state index is -0.241. The van der Waals surface area contributed by atoms with Gasteiger partial charge in [-0.25, -0.2) is 14.4 Å². The minimum absolute atomic E-state index is 0.241. The zero-order valence-electron chi connectivity index (χ0n) is 12.7. The van der Waals surface area contributed by atoms with Gasteiger partial charge in [-0.1, -0.05) is 13.8 Å². The lowest BCUT2D eigenvalue weighted by molar-refractivity contribution is 0.628. The molecular formula is C16H21FN4. The summed E-state index contributed by atoms with van der Waals surface area (Å²) in [6.07, 6.45) is 1.81. The van der Waals surface area contributed by atoms with E-state index in [9.17, 15) is 4.39 Å². The molecule has 21 heavy (non-hydrogen) atoms. The summed E-state index contributed by atoms with van der Waals surface area (Å²) >= 11 is 0. The van der Waals surface area contributed by atoms with Gasteiger partial charge in [0.05, 0.1) is 0 Å². The summed E-state index contributed by atoms with van der Waals surface area (Å²) in [6.45, 7) is 5.01. The minimum Gasteiger partial charge on any atom is -0.370 e. The van der Waals surface area contributed by atoms with Crippen LogP contribution >= 0.6 is 0 Å². The molecule has 112 valence electrons. The Morgan fingerprint density at radius 1 is 1.14 bits per heavy atom. The van der Waals surface area contributed by atoms with Gasteiger partial charge < -0.3 is 10.2 Å². The number of aryl methyl sites for hydroxylation is 1. The molecule has 0 aliphatic heterocycles. The van der Waals surface area contributed by atoms with Crippen LogP contribution < -0.4 is 10.2 Å². The van der Waals surface area contributed by atoms with Crippen molar-refractivity contribution < 1.29 is 4.39 Å². The molecule has 0 bridgehead atoms. The summed E-state index contributed by atoms with van der Waals surface area (Å²) in [5.41, 5.74) is 0.888. The molecule has 4 nitrogen and oxygen atoms in total. The van der Waals surface area contributed by atoms with Crippen molar-refractivity contribution in [3.63, 3.8) is 0 Å². The van der Waals surface area contributed by atoms with Gasteiger partial charge in [0.25, 0.3) is 0 Å². The van der Waals surface area contributed by atoms with Crippen LogP contribution in [0.25, 0.3) is 0 Å². The highest BCUT2D eigenvalue weighted by Crippen LogP contribution is 2.24. The fourth-order valence-electron chi connectivity index (χ4n) is 1.95. The Hall–Kier alpha value is -2.17. The van der Waals surface area contributed by atoms with Gasteiger partial charge in [-0.05, 0) is 30.7 Å². The monoisotopic (exact) mass is 288 g/mol. The molecule has 2 rings (SSSR count). The lowest BCUT2D eigenvalue weighted by Crippen LogP contribution is -2.14. The maximum absolute atomic E-state index is 13.0. The number of halogens is 1. The highest BCUT2D eigenvalue weighted by Gasteiger charge is 2.09. The largest absolute Gasteiger partial charge is 0.370 e. The first-order valence-electron chi connectivity index (χ1n) is 7.25. The zero-order valence-corrected chi connectivity index (χ0v) is 12.7. The van der Waals surface area contributed by atoms with Crippen LogP contribution in [0.3, 0.4) is 0 Å². The fourth-order valence-corrected chi connectivity index (χ4v) is 1.95. The van der Waals surface area contributed by atoms with Crippen LogP contribution in [-0.2, 0) is 6.42 Å². The molecule has 5 heteroatoms. The van der Waals surface area contributed by atoms with Crippen molar-refractivity contribution in [3.05, 3.63) is 42.0 Å². The third kappa shape index (κ3) is 3.90. The third-order valence-electron chi connectivity index (χ3n) is 3.19. The normalized spacial score (nSPS) is 10.5. The van der Waals surface area contributed by atoms with Gasteiger partial charge in [0.1, 0.15) is 23.3 Å². The van der Waals surface area contributed by atoms with Crippen molar-refractivity contribution in [2.45, 2.75) is 26.7 Å². The molecule has 2 aromatic rings. The number of anilines is 3. The predicted molar refractivity (Wildman–Crippen MR) is 84.7 cm³/mol. The number of hydrogen-bond donors (Lipinski definition) is 1. The quantitative estimate of drug-likeness (QED) is 0.878. The second-order valence-corrected chi connectivity index (χ2v) is 4.84. The molecule has 0 amide bonds. The van der Waals surface area contributed by atoms with Crippen molar-refractivity contribution in [1.29, 1.82) is 0 Å². The van der Waals surface area contributed by atoms with E-state index in [-0.39, 0.29) is 5.82 Å². The second kappa shape index (κ2) is 7.02. The van der Waals surface area contributed by atoms with E-state index in [0.717, 1.165) is 42.5 Å². The standard InChI is InChI=1S/C16H21FN4/c1-4-10-18-15-11-16(20-14(5-2)19-15)21(3)13-8-6-12(17)7-9-13/h6-9,11H,4-5,10H2,1-3H3,(H,18,19,20). The molecule has 0 spiro atoms. The Morgan fingerprint density at radius 2 is 1.86 bits per heavy atom. The second-order valence-electron chi connectivity index (χ2n) is 4.84. The molecule has 0 radical (unpaired) electrons. The molecule has 0 unspecified atom stereocenters. The first-order chi connectivity index (χ1) is 10.1. The van der Waals surface area contributed by atoms with Crippen molar-refractivity contribution >= 4 is 17.3 Å². The lowest BCUT2D eigenvalue weighted by atomic mass is 10.3. The summed E-state index contributed by atoms with van der Waals surface area (Å²) in [5.74, 6) is 2.18. The van der Waals surface area contributed by atoms with E-state index in [1.165, 1.54) is 12.1 Å². The molecule has 0 atom stereocenters. The number of nitrogens with one attached hydrogen (secondary N) is 1. The molecule has 1 N–H and O–H groups in total. The lowest BCUT2D eigenvalue weighted by Gasteiger charge is -2.20. The molecule has 1 heterocycles. The van der Waals surface area contributed by atoms with Gasteiger partial charge in [0.2, 0.25) is 0 Å². The Balaban J connectivity index is 2.30. The Labute approximate surface area is 125 Å². The van der Waals surface area contributed by atoms with E-state index in [1.54, 1.807) is 12.1 Å². The number of rotatable bonds is 6. The fraction of sp³-hybridized carbons (Fsp3) is 0.375. The van der Waals surface area contributed by atoms with Gasteiger partial charge >= 0.3 is 0 Å². The van der Waals surface area contributed by atoms with E-state index >= 15 is 0 Å². The van der Waals surface area contributed by atoms with E-state index in [2.05, 4.69) is 22.2 Å². The van der Waals surface area contributed by atoms with Crippen LogP contribution in [0.1, 0.15) is 26.1 Å². The van der Waals surface area contributed by atoms with E-state index < -0.39 is 0 Å². The summed E-state index contributed by atoms with van der Waals surface area (Å²) in [6, 6.07) is 8.29. The predicted octanol–water partition coefficient (Wildman–Crippen LogP) is 3.77. The van der Waals surface area contributed by atoms with E-state index in [4.69, 9.17) is 0 Å². The molecule has 0 saturated heterocycles. The molecule has 0 fully saturated rings. The molecular weight excluding hydrogens is 267 g/mol. The summed E-state index contributed by atoms with van der Waals surface area (Å²) < 4.78 is 13.0. The van der Waals surface area contributed by atoms with Crippen LogP contribution in [0, 0.1) is 5.82 Å². The van der Waals surface area contributed by atoms with Crippen molar-refractivity contribution in [3.8, 4) is 0 Å². The van der Waals surface area contributed by atoms with Gasteiger partial charge in [-0.3, -0.25) is 0 Å². The number of benzene rings is 1. The Kier molecular flexibility index (Phi) is 5.09. The summed E-state index contributed by atoms with van der Waals surface area (Å²) in [5, 5.41) is 3.29. The Morgan fingerprint density at radius 3 is 2.48 bits per heavy atom. The van der Waals surface area contributed by atoms with Gasteiger partial charge in [-0.2, -0.15) is 0 Å². The summed E-state index contributed by atoms with van der Waals surface area (Å²) in [7, 11) is 1.92. The van der Waals surface area contributed by atoms with Crippen LogP contribution in [-0.4, -0.2) is 23.6 Å². The molecule has 0 aliphatic carbocycles. The molecule has 0 saturated carbocycles. The zero-order chi connectivity index (χ0) is 15.2. The highest BCUT2D eigenvalue weighted by molar-refractivity contribution is 5.61. The average molecular weight is 288 g/mol. The van der Waals surface area contributed by atoms with Crippen molar-refractivity contribution in [2.24, 2.45) is 0 Å². The smallest absolute Gasteiger partial charge is 0.138 e. The SMILES string of the molecule is CCCNc1cc(N(C)c2ccc(F)cc2)nc(CC)n1. The topological polar surface area (TPSA) is 41.0 Å². The molecule has 0 aliphatic rings. The van der Waals surface area contributed by atoms with Crippen LogP contribution in [0.2, 0.25) is 0 Å². The number of nitrogens with zero attached hydrogens (tertiary/aromatic N) is 3. The maximum atomic E-state index is 13.0. The molecule has 1 aromatic carbocycles. The highest BCUT2D eigenvalue weighted by atomic mass is 19.1. The number of aromatic nitrogens is 2. The maximum Gasteiger partial charge on any atom is 0.138 e. The first-order valence-corrected chi connectivity index (χ1v) is 7.25. The summed E-state index contributed by atoms with van der Waals surface area (Å²) in [4.78, 5) is 10.9.